The first-order valence-corrected chi connectivity index (χ1v) is 6.55. The molecule has 2 atom stereocenters. The molecule has 2 aromatic rings. The number of hydrogen-bond acceptors (Lipinski definition) is 3. The lowest BCUT2D eigenvalue weighted by Crippen LogP contribution is -2.24. The molecule has 0 aliphatic carbocycles. The summed E-state index contributed by atoms with van der Waals surface area (Å²) < 4.78 is 0. The van der Waals surface area contributed by atoms with Crippen LogP contribution in [0.2, 0.25) is 0 Å². The molecule has 0 fully saturated rings. The molecule has 0 saturated heterocycles. The molecule has 2 unspecified atom stereocenters. The van der Waals surface area contributed by atoms with Crippen molar-refractivity contribution in [2.45, 2.75) is 26.0 Å². The van der Waals surface area contributed by atoms with Gasteiger partial charge in [-0.3, -0.25) is 4.98 Å². The smallest absolute Gasteiger partial charge is 0.0915 e. The second kappa shape index (κ2) is 6.45. The van der Waals surface area contributed by atoms with Crippen LogP contribution in [0.4, 0.5) is 0 Å². The average molecular weight is 256 g/mol. The first kappa shape index (κ1) is 13.7. The molecule has 3 heteroatoms. The largest absolute Gasteiger partial charge is 0.387 e. The first-order valence-electron chi connectivity index (χ1n) is 6.55. The number of aliphatic hydroxyl groups excluding tert-OH is 1. The molecule has 0 radical (unpaired) electrons. The van der Waals surface area contributed by atoms with Gasteiger partial charge in [-0.15, -0.1) is 0 Å². The summed E-state index contributed by atoms with van der Waals surface area (Å²) >= 11 is 0. The normalized spacial score (nSPS) is 14.1. The third-order valence-electron chi connectivity index (χ3n) is 3.25. The van der Waals surface area contributed by atoms with Gasteiger partial charge in [0.25, 0.3) is 0 Å². The van der Waals surface area contributed by atoms with Crippen LogP contribution in [0.5, 0.6) is 0 Å². The Kier molecular flexibility index (Phi) is 4.66. The highest BCUT2D eigenvalue weighted by Crippen LogP contribution is 2.16. The minimum Gasteiger partial charge on any atom is -0.387 e. The Morgan fingerprint density at radius 3 is 2.58 bits per heavy atom. The third kappa shape index (κ3) is 3.88. The summed E-state index contributed by atoms with van der Waals surface area (Å²) in [6.07, 6.45) is 2.89. The molecule has 2 N–H and O–H groups in total. The minimum absolute atomic E-state index is 0.219. The Labute approximate surface area is 114 Å². The lowest BCUT2D eigenvalue weighted by molar-refractivity contribution is 0.170. The van der Waals surface area contributed by atoms with Gasteiger partial charge in [0, 0.05) is 25.0 Å². The number of benzene rings is 1. The molecule has 1 aromatic heterocycles. The van der Waals surface area contributed by atoms with Crippen LogP contribution in [-0.4, -0.2) is 16.6 Å². The van der Waals surface area contributed by atoms with Crippen molar-refractivity contribution in [2.75, 3.05) is 6.54 Å². The van der Waals surface area contributed by atoms with Crippen molar-refractivity contribution in [3.8, 4) is 0 Å². The zero-order chi connectivity index (χ0) is 13.7. The van der Waals surface area contributed by atoms with Gasteiger partial charge in [-0.2, -0.15) is 0 Å². The van der Waals surface area contributed by atoms with E-state index in [0.717, 1.165) is 5.56 Å². The van der Waals surface area contributed by atoms with Gasteiger partial charge in [0.05, 0.1) is 6.10 Å². The summed E-state index contributed by atoms with van der Waals surface area (Å²) in [5, 5.41) is 13.4. The fraction of sp³-hybridized carbons (Fsp3) is 0.312. The zero-order valence-electron chi connectivity index (χ0n) is 11.4. The van der Waals surface area contributed by atoms with E-state index in [1.54, 1.807) is 12.4 Å². The molecule has 100 valence electrons. The van der Waals surface area contributed by atoms with Gasteiger partial charge >= 0.3 is 0 Å². The third-order valence-corrected chi connectivity index (χ3v) is 3.25. The number of aromatic nitrogens is 1. The number of aliphatic hydroxyl groups is 1. The molecule has 0 aliphatic rings. The lowest BCUT2D eigenvalue weighted by atomic mass is 10.1. The van der Waals surface area contributed by atoms with E-state index in [-0.39, 0.29) is 6.04 Å². The topological polar surface area (TPSA) is 45.1 Å². The maximum Gasteiger partial charge on any atom is 0.0915 e. The molecule has 0 bridgehead atoms. The van der Waals surface area contributed by atoms with Gasteiger partial charge in [0.15, 0.2) is 0 Å². The van der Waals surface area contributed by atoms with Gasteiger partial charge in [-0.1, -0.05) is 29.8 Å². The standard InChI is InChI=1S/C16H20N2O/c1-12-4-3-5-15(10-12)13(2)18-11-16(19)14-6-8-17-9-7-14/h3-10,13,16,18-19H,11H2,1-2H3. The molecule has 3 nitrogen and oxygen atoms in total. The molecule has 0 saturated carbocycles. The van der Waals surface area contributed by atoms with Crippen molar-refractivity contribution in [3.05, 3.63) is 65.5 Å². The fourth-order valence-electron chi connectivity index (χ4n) is 2.05. The van der Waals surface area contributed by atoms with E-state index in [0.29, 0.717) is 6.54 Å². The van der Waals surface area contributed by atoms with Crippen molar-refractivity contribution in [3.63, 3.8) is 0 Å². The number of aryl methyl sites for hydroxylation is 1. The molecule has 2 rings (SSSR count). The van der Waals surface area contributed by atoms with Gasteiger partial charge in [-0.05, 0) is 37.1 Å². The number of pyridine rings is 1. The number of nitrogens with one attached hydrogen (secondary N) is 1. The van der Waals surface area contributed by atoms with E-state index >= 15 is 0 Å². The van der Waals surface area contributed by atoms with E-state index in [1.165, 1.54) is 11.1 Å². The van der Waals surface area contributed by atoms with Gasteiger partial charge in [0.1, 0.15) is 0 Å². The second-order valence-corrected chi connectivity index (χ2v) is 4.84. The highest BCUT2D eigenvalue weighted by Gasteiger charge is 2.10. The Morgan fingerprint density at radius 1 is 1.16 bits per heavy atom. The predicted molar refractivity (Wildman–Crippen MR) is 76.8 cm³/mol. The van der Waals surface area contributed by atoms with E-state index < -0.39 is 6.10 Å². The van der Waals surface area contributed by atoms with E-state index in [9.17, 15) is 5.11 Å². The number of nitrogens with zero attached hydrogens (tertiary/aromatic N) is 1. The van der Waals surface area contributed by atoms with Crippen LogP contribution >= 0.6 is 0 Å². The summed E-state index contributed by atoms with van der Waals surface area (Å²) in [5.74, 6) is 0. The maximum atomic E-state index is 10.1. The highest BCUT2D eigenvalue weighted by atomic mass is 16.3. The van der Waals surface area contributed by atoms with Crippen molar-refractivity contribution >= 4 is 0 Å². The Bertz CT molecular complexity index is 513. The van der Waals surface area contributed by atoms with Crippen LogP contribution in [0.1, 0.15) is 35.8 Å². The molecule has 19 heavy (non-hydrogen) atoms. The highest BCUT2D eigenvalue weighted by molar-refractivity contribution is 5.24. The molecule has 0 amide bonds. The van der Waals surface area contributed by atoms with E-state index in [4.69, 9.17) is 0 Å². The van der Waals surface area contributed by atoms with Crippen LogP contribution in [0.15, 0.2) is 48.8 Å². The van der Waals surface area contributed by atoms with Crippen LogP contribution < -0.4 is 5.32 Å². The van der Waals surface area contributed by atoms with Crippen molar-refractivity contribution in [1.82, 2.24) is 10.3 Å². The van der Waals surface area contributed by atoms with Crippen molar-refractivity contribution in [1.29, 1.82) is 0 Å². The van der Waals surface area contributed by atoms with Gasteiger partial charge in [-0.25, -0.2) is 0 Å². The van der Waals surface area contributed by atoms with Crippen LogP contribution in [0.3, 0.4) is 0 Å². The first-order chi connectivity index (χ1) is 9.16. The summed E-state index contributed by atoms with van der Waals surface area (Å²) in [6, 6.07) is 12.3. The van der Waals surface area contributed by atoms with E-state index in [1.807, 2.05) is 12.1 Å². The zero-order valence-corrected chi connectivity index (χ0v) is 11.4. The van der Waals surface area contributed by atoms with Crippen LogP contribution in [-0.2, 0) is 0 Å². The summed E-state index contributed by atoms with van der Waals surface area (Å²) in [4.78, 5) is 3.95. The molecular weight excluding hydrogens is 236 g/mol. The molecular formula is C16H20N2O. The monoisotopic (exact) mass is 256 g/mol. The quantitative estimate of drug-likeness (QED) is 0.864. The molecule has 1 aromatic carbocycles. The molecule has 0 spiro atoms. The van der Waals surface area contributed by atoms with Gasteiger partial charge < -0.3 is 10.4 Å². The van der Waals surface area contributed by atoms with Crippen LogP contribution in [0, 0.1) is 6.92 Å². The van der Waals surface area contributed by atoms with Crippen LogP contribution in [0.25, 0.3) is 0 Å². The maximum absolute atomic E-state index is 10.1. The SMILES string of the molecule is Cc1cccc(C(C)NCC(O)c2ccncc2)c1. The summed E-state index contributed by atoms with van der Waals surface area (Å²) in [5.41, 5.74) is 3.38. The van der Waals surface area contributed by atoms with Gasteiger partial charge in [0.2, 0.25) is 0 Å². The lowest BCUT2D eigenvalue weighted by Gasteiger charge is -2.18. The summed E-state index contributed by atoms with van der Waals surface area (Å²) in [6.45, 7) is 4.72. The minimum atomic E-state index is -0.504. The molecule has 0 aliphatic heterocycles. The number of hydrogen-bond donors (Lipinski definition) is 2. The Balaban J connectivity index is 1.92. The molecule has 1 heterocycles. The van der Waals surface area contributed by atoms with Crippen molar-refractivity contribution < 1.29 is 5.11 Å². The van der Waals surface area contributed by atoms with E-state index in [2.05, 4.69) is 48.4 Å². The summed E-state index contributed by atoms with van der Waals surface area (Å²) in [7, 11) is 0. The Morgan fingerprint density at radius 2 is 1.89 bits per heavy atom. The number of rotatable bonds is 5. The fourth-order valence-corrected chi connectivity index (χ4v) is 2.05. The second-order valence-electron chi connectivity index (χ2n) is 4.84. The predicted octanol–water partition coefficient (Wildman–Crippen LogP) is 2.77. The Hall–Kier alpha value is -1.71. The average Bonchev–Trinajstić information content (AvgIpc) is 2.45. The van der Waals surface area contributed by atoms with Crippen molar-refractivity contribution in [2.24, 2.45) is 0 Å².